The van der Waals surface area contributed by atoms with E-state index in [-0.39, 0.29) is 17.3 Å². The molecule has 1 N–H and O–H groups in total. The zero-order valence-corrected chi connectivity index (χ0v) is 14.1. The van der Waals surface area contributed by atoms with E-state index in [1.807, 2.05) is 13.0 Å². The quantitative estimate of drug-likeness (QED) is 0.853. The van der Waals surface area contributed by atoms with Crippen LogP contribution in [0.1, 0.15) is 37.6 Å². The summed E-state index contributed by atoms with van der Waals surface area (Å²) in [4.78, 5) is 2.17. The Morgan fingerprint density at radius 2 is 1.88 bits per heavy atom. The van der Waals surface area contributed by atoms with Crippen LogP contribution in [-0.2, 0) is 19.3 Å². The Kier molecular flexibility index (Phi) is 5.72. The first kappa shape index (κ1) is 18.5. The van der Waals surface area contributed by atoms with Gasteiger partial charge in [-0.05, 0) is 38.6 Å². The van der Waals surface area contributed by atoms with Crippen molar-refractivity contribution in [3.63, 3.8) is 0 Å². The molecule has 24 heavy (non-hydrogen) atoms. The highest BCUT2D eigenvalue weighted by Gasteiger charge is 2.35. The van der Waals surface area contributed by atoms with Crippen LogP contribution in [-0.4, -0.2) is 27.2 Å². The van der Waals surface area contributed by atoms with E-state index in [0.717, 1.165) is 18.3 Å². The highest BCUT2D eigenvalue weighted by molar-refractivity contribution is 5.51. The minimum atomic E-state index is -4.48. The van der Waals surface area contributed by atoms with Gasteiger partial charge < -0.3 is 9.67 Å². The number of aliphatic hydroxyl groups is 1. The average Bonchev–Trinajstić information content (AvgIpc) is 2.98. The van der Waals surface area contributed by atoms with E-state index in [0.29, 0.717) is 6.54 Å². The van der Waals surface area contributed by atoms with Gasteiger partial charge in [0.25, 0.3) is 0 Å². The van der Waals surface area contributed by atoms with Gasteiger partial charge >= 0.3 is 6.18 Å². The van der Waals surface area contributed by atoms with Crippen molar-refractivity contribution < 1.29 is 18.3 Å². The fourth-order valence-corrected chi connectivity index (χ4v) is 2.86. The van der Waals surface area contributed by atoms with Gasteiger partial charge in [-0.1, -0.05) is 19.1 Å². The summed E-state index contributed by atoms with van der Waals surface area (Å²) in [6.07, 6.45) is -2.86. The van der Waals surface area contributed by atoms with Crippen molar-refractivity contribution in [3.8, 4) is 5.69 Å². The maximum absolute atomic E-state index is 13.4. The summed E-state index contributed by atoms with van der Waals surface area (Å²) in [5.41, 5.74) is 0.290. The van der Waals surface area contributed by atoms with Crippen molar-refractivity contribution in [2.75, 3.05) is 6.54 Å². The van der Waals surface area contributed by atoms with Crippen LogP contribution in [0.3, 0.4) is 0 Å². The zero-order chi connectivity index (χ0) is 17.9. The fraction of sp³-hybridized carbons (Fsp3) is 0.444. The summed E-state index contributed by atoms with van der Waals surface area (Å²) >= 11 is 0. The monoisotopic (exact) mass is 340 g/mol. The van der Waals surface area contributed by atoms with Gasteiger partial charge in [-0.25, -0.2) is 0 Å². The maximum Gasteiger partial charge on any atom is 0.418 e. The third-order valence-corrected chi connectivity index (χ3v) is 4.17. The fourth-order valence-electron chi connectivity index (χ4n) is 2.86. The second kappa shape index (κ2) is 7.40. The Morgan fingerprint density at radius 3 is 2.42 bits per heavy atom. The maximum atomic E-state index is 13.4. The molecule has 0 fully saturated rings. The van der Waals surface area contributed by atoms with Crippen LogP contribution in [0.4, 0.5) is 13.2 Å². The van der Waals surface area contributed by atoms with Gasteiger partial charge in [0.2, 0.25) is 0 Å². The number of benzene rings is 1. The summed E-state index contributed by atoms with van der Waals surface area (Å²) in [7, 11) is 0. The van der Waals surface area contributed by atoms with Crippen molar-refractivity contribution in [3.05, 3.63) is 53.3 Å². The number of para-hydroxylation sites is 1. The van der Waals surface area contributed by atoms with E-state index in [4.69, 9.17) is 0 Å². The zero-order valence-electron chi connectivity index (χ0n) is 14.1. The van der Waals surface area contributed by atoms with Crippen molar-refractivity contribution >= 4 is 0 Å². The number of rotatable bonds is 6. The summed E-state index contributed by atoms with van der Waals surface area (Å²) in [6, 6.07) is 7.74. The number of hydrogen-bond donors (Lipinski definition) is 1. The molecule has 0 unspecified atom stereocenters. The average molecular weight is 340 g/mol. The molecule has 6 heteroatoms. The predicted octanol–water partition coefficient (Wildman–Crippen LogP) is 4.22. The summed E-state index contributed by atoms with van der Waals surface area (Å²) in [5, 5.41) is 9.52. The van der Waals surface area contributed by atoms with E-state index in [1.54, 1.807) is 16.8 Å². The number of aliphatic hydroxyl groups excluding tert-OH is 1. The van der Waals surface area contributed by atoms with Crippen LogP contribution < -0.4 is 0 Å². The van der Waals surface area contributed by atoms with Gasteiger partial charge in [0.05, 0.1) is 17.9 Å². The lowest BCUT2D eigenvalue weighted by Gasteiger charge is -2.26. The summed E-state index contributed by atoms with van der Waals surface area (Å²) in [6.45, 7) is 7.03. The van der Waals surface area contributed by atoms with Gasteiger partial charge in [0.15, 0.2) is 0 Å². The molecule has 0 atom stereocenters. The minimum Gasteiger partial charge on any atom is -0.392 e. The first-order chi connectivity index (χ1) is 11.3. The summed E-state index contributed by atoms with van der Waals surface area (Å²) < 4.78 is 41.9. The summed E-state index contributed by atoms with van der Waals surface area (Å²) in [5.74, 6) is 0. The van der Waals surface area contributed by atoms with E-state index >= 15 is 0 Å². The first-order valence-corrected chi connectivity index (χ1v) is 8.00. The molecule has 1 heterocycles. The molecular weight excluding hydrogens is 317 g/mol. The van der Waals surface area contributed by atoms with E-state index in [1.165, 1.54) is 12.1 Å². The Labute approximate surface area is 140 Å². The van der Waals surface area contributed by atoms with E-state index < -0.39 is 18.3 Å². The third-order valence-electron chi connectivity index (χ3n) is 4.17. The van der Waals surface area contributed by atoms with Crippen LogP contribution in [0.15, 0.2) is 36.5 Å². The normalized spacial score (nSPS) is 12.4. The molecule has 0 saturated carbocycles. The van der Waals surface area contributed by atoms with Gasteiger partial charge in [-0.2, -0.15) is 13.2 Å². The minimum absolute atomic E-state index is 0.00677. The van der Waals surface area contributed by atoms with E-state index in [9.17, 15) is 18.3 Å². The largest absolute Gasteiger partial charge is 0.418 e. The Morgan fingerprint density at radius 1 is 1.17 bits per heavy atom. The van der Waals surface area contributed by atoms with Gasteiger partial charge in [-0.3, -0.25) is 4.90 Å². The molecule has 0 saturated heterocycles. The van der Waals surface area contributed by atoms with Gasteiger partial charge in [0, 0.05) is 30.0 Å². The number of alkyl halides is 3. The lowest BCUT2D eigenvalue weighted by Crippen LogP contribution is -2.31. The Balaban J connectivity index is 2.56. The first-order valence-electron chi connectivity index (χ1n) is 8.00. The molecule has 0 aliphatic rings. The number of nitrogens with zero attached hydrogens (tertiary/aromatic N) is 2. The number of hydrogen-bond acceptors (Lipinski definition) is 2. The molecule has 132 valence electrons. The molecule has 3 nitrogen and oxygen atoms in total. The Bertz CT molecular complexity index is 677. The van der Waals surface area contributed by atoms with Gasteiger partial charge in [0.1, 0.15) is 0 Å². The molecular formula is C18H23F3N2O. The van der Waals surface area contributed by atoms with Crippen molar-refractivity contribution in [1.29, 1.82) is 0 Å². The third kappa shape index (κ3) is 3.82. The molecule has 0 aliphatic heterocycles. The molecule has 0 aliphatic carbocycles. The molecule has 1 aromatic heterocycles. The van der Waals surface area contributed by atoms with Crippen LogP contribution in [0.2, 0.25) is 0 Å². The highest BCUT2D eigenvalue weighted by atomic mass is 19.4. The van der Waals surface area contributed by atoms with Crippen molar-refractivity contribution in [2.45, 2.75) is 46.1 Å². The molecule has 1 aromatic carbocycles. The van der Waals surface area contributed by atoms with Crippen LogP contribution in [0, 0.1) is 0 Å². The second-order valence-electron chi connectivity index (χ2n) is 6.00. The molecule has 2 rings (SSSR count). The molecule has 0 spiro atoms. The SMILES string of the molecule is CCN(Cc1cccn1-c1c(CO)cccc1C(F)(F)F)C(C)C. The smallest absolute Gasteiger partial charge is 0.392 e. The molecule has 0 amide bonds. The predicted molar refractivity (Wildman–Crippen MR) is 87.9 cm³/mol. The Hall–Kier alpha value is -1.79. The molecule has 0 bridgehead atoms. The van der Waals surface area contributed by atoms with E-state index in [2.05, 4.69) is 18.7 Å². The van der Waals surface area contributed by atoms with Crippen molar-refractivity contribution in [2.24, 2.45) is 0 Å². The van der Waals surface area contributed by atoms with Crippen LogP contribution in [0.5, 0.6) is 0 Å². The topological polar surface area (TPSA) is 28.4 Å². The van der Waals surface area contributed by atoms with Crippen LogP contribution in [0.25, 0.3) is 5.69 Å². The van der Waals surface area contributed by atoms with Crippen LogP contribution >= 0.6 is 0 Å². The number of aromatic nitrogens is 1. The molecule has 2 aromatic rings. The lowest BCUT2D eigenvalue weighted by molar-refractivity contribution is -0.137. The number of halogens is 3. The highest BCUT2D eigenvalue weighted by Crippen LogP contribution is 2.36. The lowest BCUT2D eigenvalue weighted by atomic mass is 10.1. The van der Waals surface area contributed by atoms with Crippen molar-refractivity contribution in [1.82, 2.24) is 9.47 Å². The standard InChI is InChI=1S/C18H23F3N2O/c1-4-22(13(2)3)11-15-8-6-10-23(15)17-14(12-24)7-5-9-16(17)18(19,20)21/h5-10,13,24H,4,11-12H2,1-3H3. The second-order valence-corrected chi connectivity index (χ2v) is 6.00. The van der Waals surface area contributed by atoms with Gasteiger partial charge in [-0.15, -0.1) is 0 Å². The molecule has 0 radical (unpaired) electrons.